The van der Waals surface area contributed by atoms with Crippen LogP contribution in [0.1, 0.15) is 24.5 Å². The van der Waals surface area contributed by atoms with Crippen molar-refractivity contribution >= 4 is 5.91 Å². The molecule has 138 valence electrons. The lowest BCUT2D eigenvalue weighted by Gasteiger charge is -2.18. The van der Waals surface area contributed by atoms with Crippen molar-refractivity contribution in [3.05, 3.63) is 65.7 Å². The van der Waals surface area contributed by atoms with Gasteiger partial charge in [0.25, 0.3) is 0 Å². The molecule has 2 aromatic rings. The van der Waals surface area contributed by atoms with Crippen LogP contribution in [0.2, 0.25) is 0 Å². The second-order valence-electron chi connectivity index (χ2n) is 6.81. The van der Waals surface area contributed by atoms with Gasteiger partial charge in [-0.25, -0.2) is 0 Å². The Balaban J connectivity index is 1.53. The fraction of sp³-hybridized carbons (Fsp3) is 0.409. The summed E-state index contributed by atoms with van der Waals surface area (Å²) in [5, 5.41) is 2.94. The Labute approximate surface area is 156 Å². The molecule has 26 heavy (non-hydrogen) atoms. The fourth-order valence-corrected chi connectivity index (χ4v) is 3.45. The highest BCUT2D eigenvalue weighted by Crippen LogP contribution is 2.24. The number of para-hydroxylation sites is 1. The van der Waals surface area contributed by atoms with Crippen LogP contribution in [0.5, 0.6) is 5.75 Å². The Morgan fingerprint density at radius 1 is 1.15 bits per heavy atom. The van der Waals surface area contributed by atoms with Crippen LogP contribution < -0.4 is 10.1 Å². The van der Waals surface area contributed by atoms with E-state index in [0.29, 0.717) is 13.2 Å². The van der Waals surface area contributed by atoms with Gasteiger partial charge < -0.3 is 10.1 Å². The second-order valence-corrected chi connectivity index (χ2v) is 6.81. The van der Waals surface area contributed by atoms with Gasteiger partial charge in [-0.15, -0.1) is 0 Å². The van der Waals surface area contributed by atoms with Crippen LogP contribution >= 0.6 is 0 Å². The molecular formula is C22H28N2O2. The third kappa shape index (κ3) is 5.09. The summed E-state index contributed by atoms with van der Waals surface area (Å²) in [5.74, 6) is 1.24. The topological polar surface area (TPSA) is 41.6 Å². The van der Waals surface area contributed by atoms with E-state index in [1.54, 1.807) is 0 Å². The Morgan fingerprint density at radius 3 is 2.73 bits per heavy atom. The first-order valence-corrected chi connectivity index (χ1v) is 9.51. The molecule has 1 atom stereocenters. The first kappa shape index (κ1) is 18.5. The number of carbonyl (C=O) groups is 1. The number of hydrogen-bond donors (Lipinski definition) is 1. The summed E-state index contributed by atoms with van der Waals surface area (Å²) in [7, 11) is 0. The lowest BCUT2D eigenvalue weighted by molar-refractivity contribution is -0.124. The van der Waals surface area contributed by atoms with Gasteiger partial charge in [-0.2, -0.15) is 0 Å². The number of hydrogen-bond acceptors (Lipinski definition) is 3. The normalized spacial score (nSPS) is 17.2. The van der Waals surface area contributed by atoms with Gasteiger partial charge in [0.05, 0.1) is 12.5 Å². The van der Waals surface area contributed by atoms with E-state index in [-0.39, 0.29) is 11.8 Å². The van der Waals surface area contributed by atoms with Gasteiger partial charge in [-0.3, -0.25) is 9.69 Å². The number of nitrogens with zero attached hydrogens (tertiary/aromatic N) is 1. The van der Waals surface area contributed by atoms with E-state index in [1.165, 1.54) is 11.1 Å². The van der Waals surface area contributed by atoms with Gasteiger partial charge in [0.2, 0.25) is 5.91 Å². The third-order valence-electron chi connectivity index (χ3n) is 4.85. The molecule has 1 heterocycles. The van der Waals surface area contributed by atoms with Crippen LogP contribution in [0.3, 0.4) is 0 Å². The maximum atomic E-state index is 12.0. The van der Waals surface area contributed by atoms with Crippen LogP contribution in [0.15, 0.2) is 54.6 Å². The largest absolute Gasteiger partial charge is 0.493 e. The molecule has 1 unspecified atom stereocenters. The summed E-state index contributed by atoms with van der Waals surface area (Å²) < 4.78 is 6.06. The molecule has 3 rings (SSSR count). The van der Waals surface area contributed by atoms with E-state index in [0.717, 1.165) is 38.2 Å². The van der Waals surface area contributed by atoms with Crippen molar-refractivity contribution in [3.63, 3.8) is 0 Å². The van der Waals surface area contributed by atoms with E-state index >= 15 is 0 Å². The van der Waals surface area contributed by atoms with Gasteiger partial charge in [0, 0.05) is 31.6 Å². The van der Waals surface area contributed by atoms with E-state index in [1.807, 2.05) is 25.1 Å². The standard InChI is InChI=1S/C22H28N2O2/c1-2-23-22(25)20-12-14-24(17-20)16-19-10-6-7-11-21(19)26-15-13-18-8-4-3-5-9-18/h3-11,20H,2,12-17H2,1H3,(H,23,25). The van der Waals surface area contributed by atoms with Gasteiger partial charge >= 0.3 is 0 Å². The molecule has 1 saturated heterocycles. The van der Waals surface area contributed by atoms with Crippen LogP contribution in [-0.2, 0) is 17.8 Å². The van der Waals surface area contributed by atoms with Crippen molar-refractivity contribution in [2.24, 2.45) is 5.92 Å². The molecule has 0 aliphatic carbocycles. The Morgan fingerprint density at radius 2 is 1.92 bits per heavy atom. The van der Waals surface area contributed by atoms with Gasteiger partial charge in [0.1, 0.15) is 5.75 Å². The van der Waals surface area contributed by atoms with E-state index < -0.39 is 0 Å². The lowest BCUT2D eigenvalue weighted by atomic mass is 10.1. The molecule has 1 N–H and O–H groups in total. The molecule has 0 saturated carbocycles. The molecule has 0 bridgehead atoms. The number of likely N-dealkylation sites (tertiary alicyclic amines) is 1. The van der Waals surface area contributed by atoms with Crippen molar-refractivity contribution in [1.82, 2.24) is 10.2 Å². The first-order valence-electron chi connectivity index (χ1n) is 9.51. The summed E-state index contributed by atoms with van der Waals surface area (Å²) in [6.07, 6.45) is 1.83. The van der Waals surface area contributed by atoms with Gasteiger partial charge in [-0.1, -0.05) is 48.5 Å². The average Bonchev–Trinajstić information content (AvgIpc) is 3.13. The molecule has 0 spiro atoms. The number of amides is 1. The van der Waals surface area contributed by atoms with Crippen molar-refractivity contribution in [3.8, 4) is 5.75 Å². The monoisotopic (exact) mass is 352 g/mol. The highest BCUT2D eigenvalue weighted by molar-refractivity contribution is 5.79. The first-order chi connectivity index (χ1) is 12.8. The zero-order chi connectivity index (χ0) is 18.2. The molecule has 0 aromatic heterocycles. The Bertz CT molecular complexity index is 702. The number of ether oxygens (including phenoxy) is 1. The van der Waals surface area contributed by atoms with E-state index in [4.69, 9.17) is 4.74 Å². The SMILES string of the molecule is CCNC(=O)C1CCN(Cc2ccccc2OCCc2ccccc2)C1. The smallest absolute Gasteiger partial charge is 0.224 e. The highest BCUT2D eigenvalue weighted by Gasteiger charge is 2.28. The number of rotatable bonds is 8. The fourth-order valence-electron chi connectivity index (χ4n) is 3.45. The lowest BCUT2D eigenvalue weighted by Crippen LogP contribution is -2.32. The predicted molar refractivity (Wildman–Crippen MR) is 104 cm³/mol. The zero-order valence-corrected chi connectivity index (χ0v) is 15.5. The van der Waals surface area contributed by atoms with Crippen molar-refractivity contribution in [2.45, 2.75) is 26.3 Å². The van der Waals surface area contributed by atoms with E-state index in [2.05, 4.69) is 46.6 Å². The van der Waals surface area contributed by atoms with Crippen LogP contribution in [0, 0.1) is 5.92 Å². The minimum atomic E-state index is 0.112. The number of carbonyl (C=O) groups excluding carboxylic acids is 1. The van der Waals surface area contributed by atoms with Crippen LogP contribution in [0.4, 0.5) is 0 Å². The maximum Gasteiger partial charge on any atom is 0.224 e. The number of nitrogens with one attached hydrogen (secondary N) is 1. The summed E-state index contributed by atoms with van der Waals surface area (Å²) in [6.45, 7) is 5.95. The molecule has 4 heteroatoms. The number of benzene rings is 2. The molecule has 1 fully saturated rings. The average molecular weight is 352 g/mol. The maximum absolute atomic E-state index is 12.0. The molecular weight excluding hydrogens is 324 g/mol. The summed E-state index contributed by atoms with van der Waals surface area (Å²) in [4.78, 5) is 14.4. The predicted octanol–water partition coefficient (Wildman–Crippen LogP) is 3.27. The molecule has 1 aliphatic heterocycles. The molecule has 1 aliphatic rings. The summed E-state index contributed by atoms with van der Waals surface area (Å²) in [6, 6.07) is 18.6. The zero-order valence-electron chi connectivity index (χ0n) is 15.5. The second kappa shape index (κ2) is 9.39. The van der Waals surface area contributed by atoms with Gasteiger partial charge in [0.15, 0.2) is 0 Å². The van der Waals surface area contributed by atoms with E-state index in [9.17, 15) is 4.79 Å². The summed E-state index contributed by atoms with van der Waals surface area (Å²) >= 11 is 0. The molecule has 1 amide bonds. The van der Waals surface area contributed by atoms with Crippen LogP contribution in [0.25, 0.3) is 0 Å². The molecule has 2 aromatic carbocycles. The minimum Gasteiger partial charge on any atom is -0.493 e. The van der Waals surface area contributed by atoms with Crippen molar-refractivity contribution in [2.75, 3.05) is 26.2 Å². The minimum absolute atomic E-state index is 0.112. The molecule has 4 nitrogen and oxygen atoms in total. The Hall–Kier alpha value is -2.33. The highest BCUT2D eigenvalue weighted by atomic mass is 16.5. The third-order valence-corrected chi connectivity index (χ3v) is 4.85. The van der Waals surface area contributed by atoms with Gasteiger partial charge in [-0.05, 0) is 31.5 Å². The quantitative estimate of drug-likeness (QED) is 0.793. The van der Waals surface area contributed by atoms with Crippen molar-refractivity contribution in [1.29, 1.82) is 0 Å². The van der Waals surface area contributed by atoms with Crippen molar-refractivity contribution < 1.29 is 9.53 Å². The summed E-state index contributed by atoms with van der Waals surface area (Å²) in [5.41, 5.74) is 2.48. The van der Waals surface area contributed by atoms with Crippen LogP contribution in [-0.4, -0.2) is 37.0 Å². The Kier molecular flexibility index (Phi) is 6.67. The molecule has 0 radical (unpaired) electrons.